The molecular formula is C14H18N2O5. The quantitative estimate of drug-likeness (QED) is 0.584. The number of hydrogen-bond acceptors (Lipinski definition) is 6. The van der Waals surface area contributed by atoms with Crippen LogP contribution in [0.2, 0.25) is 0 Å². The van der Waals surface area contributed by atoms with Gasteiger partial charge in [0.25, 0.3) is 0 Å². The van der Waals surface area contributed by atoms with Crippen LogP contribution in [0.3, 0.4) is 0 Å². The smallest absolute Gasteiger partial charge is 0.164 e. The van der Waals surface area contributed by atoms with Gasteiger partial charge in [0.15, 0.2) is 6.23 Å². The molecule has 1 saturated heterocycles. The highest BCUT2D eigenvalue weighted by atomic mass is 16.6. The number of fused-ring (bicyclic) bond motifs is 1. The normalized spacial score (nSPS) is 33.5. The molecule has 0 bridgehead atoms. The standard InChI is InChI=1S/C14H18N2O5/c1-7-2-3-9-8(4-7)15-6-16(9)14-13(20)12(19)11(18)10(5-17)21-14/h2-4,6,10-14,17-20H,5H2,1H3/t10-,11-,12+,13-,14-/m1/s1. The number of imidazole rings is 1. The summed E-state index contributed by atoms with van der Waals surface area (Å²) in [6.07, 6.45) is -4.43. The van der Waals surface area contributed by atoms with E-state index in [9.17, 15) is 20.4 Å². The van der Waals surface area contributed by atoms with Gasteiger partial charge in [0.1, 0.15) is 24.4 Å². The fourth-order valence-electron chi connectivity index (χ4n) is 2.66. The molecule has 0 spiro atoms. The van der Waals surface area contributed by atoms with Crippen LogP contribution in [0.1, 0.15) is 11.8 Å². The van der Waals surface area contributed by atoms with E-state index in [1.54, 1.807) is 4.57 Å². The molecule has 2 aromatic rings. The Hall–Kier alpha value is -1.51. The second kappa shape index (κ2) is 5.36. The Morgan fingerprint density at radius 2 is 1.95 bits per heavy atom. The zero-order valence-electron chi connectivity index (χ0n) is 11.5. The maximum Gasteiger partial charge on any atom is 0.164 e. The second-order valence-electron chi connectivity index (χ2n) is 5.36. The fourth-order valence-corrected chi connectivity index (χ4v) is 2.66. The number of hydrogen-bond donors (Lipinski definition) is 4. The van der Waals surface area contributed by atoms with Crippen LogP contribution in [0.5, 0.6) is 0 Å². The summed E-state index contributed by atoms with van der Waals surface area (Å²) in [6.45, 7) is 1.50. The highest BCUT2D eigenvalue weighted by Gasteiger charge is 2.44. The van der Waals surface area contributed by atoms with Crippen LogP contribution in [0.15, 0.2) is 24.5 Å². The molecule has 114 valence electrons. The summed E-state index contributed by atoms with van der Waals surface area (Å²) >= 11 is 0. The maximum absolute atomic E-state index is 10.1. The lowest BCUT2D eigenvalue weighted by Gasteiger charge is -2.40. The first-order valence-corrected chi connectivity index (χ1v) is 6.76. The molecule has 0 unspecified atom stereocenters. The van der Waals surface area contributed by atoms with Crippen LogP contribution in [0.25, 0.3) is 11.0 Å². The predicted octanol–water partition coefficient (Wildman–Crippen LogP) is -0.683. The maximum atomic E-state index is 10.1. The number of ether oxygens (including phenoxy) is 1. The molecule has 1 aliphatic heterocycles. The Kier molecular flexibility index (Phi) is 3.68. The second-order valence-corrected chi connectivity index (χ2v) is 5.36. The molecule has 0 aliphatic carbocycles. The first-order chi connectivity index (χ1) is 10.0. The molecule has 1 aromatic heterocycles. The average Bonchev–Trinajstić information content (AvgIpc) is 2.88. The molecule has 1 aliphatic rings. The topological polar surface area (TPSA) is 108 Å². The van der Waals surface area contributed by atoms with Crippen molar-refractivity contribution in [1.29, 1.82) is 0 Å². The summed E-state index contributed by atoms with van der Waals surface area (Å²) < 4.78 is 7.12. The van der Waals surface area contributed by atoms with Gasteiger partial charge in [-0.05, 0) is 24.6 Å². The van der Waals surface area contributed by atoms with Crippen molar-refractivity contribution < 1.29 is 25.2 Å². The highest BCUT2D eigenvalue weighted by Crippen LogP contribution is 2.30. The van der Waals surface area contributed by atoms with Crippen molar-refractivity contribution in [3.8, 4) is 0 Å². The first kappa shape index (κ1) is 14.4. The van der Waals surface area contributed by atoms with Crippen molar-refractivity contribution in [2.75, 3.05) is 6.61 Å². The largest absolute Gasteiger partial charge is 0.394 e. The Morgan fingerprint density at radius 1 is 1.19 bits per heavy atom. The number of nitrogens with zero attached hydrogens (tertiary/aromatic N) is 2. The van der Waals surface area contributed by atoms with Crippen LogP contribution in [-0.4, -0.2) is 61.0 Å². The number of benzene rings is 1. The van der Waals surface area contributed by atoms with Gasteiger partial charge in [0.05, 0.1) is 24.0 Å². The summed E-state index contributed by atoms with van der Waals surface area (Å²) in [4.78, 5) is 4.25. The van der Waals surface area contributed by atoms with Crippen molar-refractivity contribution >= 4 is 11.0 Å². The van der Waals surface area contributed by atoms with E-state index in [4.69, 9.17) is 4.74 Å². The molecule has 0 amide bonds. The predicted molar refractivity (Wildman–Crippen MR) is 73.5 cm³/mol. The molecule has 21 heavy (non-hydrogen) atoms. The van der Waals surface area contributed by atoms with E-state index in [1.807, 2.05) is 25.1 Å². The molecule has 2 heterocycles. The lowest BCUT2D eigenvalue weighted by Crippen LogP contribution is -2.56. The minimum atomic E-state index is -1.40. The molecular weight excluding hydrogens is 276 g/mol. The summed E-state index contributed by atoms with van der Waals surface area (Å²) in [5, 5.41) is 39.0. The van der Waals surface area contributed by atoms with Crippen LogP contribution in [0, 0.1) is 6.92 Å². The van der Waals surface area contributed by atoms with Crippen molar-refractivity contribution in [3.05, 3.63) is 30.1 Å². The van der Waals surface area contributed by atoms with E-state index in [1.165, 1.54) is 6.33 Å². The van der Waals surface area contributed by atoms with Gasteiger partial charge in [-0.3, -0.25) is 0 Å². The van der Waals surface area contributed by atoms with Crippen LogP contribution in [0.4, 0.5) is 0 Å². The van der Waals surface area contributed by atoms with E-state index in [0.29, 0.717) is 0 Å². The molecule has 0 radical (unpaired) electrons. The monoisotopic (exact) mass is 294 g/mol. The summed E-state index contributed by atoms with van der Waals surface area (Å²) in [5.41, 5.74) is 2.54. The Balaban J connectivity index is 2.00. The van der Waals surface area contributed by atoms with E-state index in [-0.39, 0.29) is 0 Å². The minimum absolute atomic E-state index is 0.451. The van der Waals surface area contributed by atoms with Gasteiger partial charge in [-0.25, -0.2) is 4.98 Å². The number of aliphatic hydroxyl groups is 4. The van der Waals surface area contributed by atoms with Gasteiger partial charge in [0, 0.05) is 0 Å². The molecule has 4 N–H and O–H groups in total. The first-order valence-electron chi connectivity index (χ1n) is 6.76. The van der Waals surface area contributed by atoms with Gasteiger partial charge in [-0.1, -0.05) is 6.07 Å². The van der Waals surface area contributed by atoms with Crippen LogP contribution >= 0.6 is 0 Å². The number of aliphatic hydroxyl groups excluding tert-OH is 4. The van der Waals surface area contributed by atoms with Gasteiger partial charge < -0.3 is 29.7 Å². The van der Waals surface area contributed by atoms with Crippen molar-refractivity contribution in [2.45, 2.75) is 37.6 Å². The Morgan fingerprint density at radius 3 is 2.67 bits per heavy atom. The molecule has 5 atom stereocenters. The zero-order valence-corrected chi connectivity index (χ0v) is 11.5. The third kappa shape index (κ3) is 2.33. The average molecular weight is 294 g/mol. The van der Waals surface area contributed by atoms with Crippen molar-refractivity contribution in [3.63, 3.8) is 0 Å². The lowest BCUT2D eigenvalue weighted by molar-refractivity contribution is -0.250. The van der Waals surface area contributed by atoms with E-state index < -0.39 is 37.3 Å². The van der Waals surface area contributed by atoms with Crippen LogP contribution < -0.4 is 0 Å². The highest BCUT2D eigenvalue weighted by molar-refractivity contribution is 5.76. The number of rotatable bonds is 2. The Bertz CT molecular complexity index is 641. The molecule has 1 fully saturated rings. The van der Waals surface area contributed by atoms with E-state index in [2.05, 4.69) is 4.98 Å². The Labute approximate surface area is 121 Å². The SMILES string of the molecule is Cc1ccc2c(c1)ncn2[C@@H]1O[C@H](CO)[C@@H](O)[C@H](O)[C@H]1O. The zero-order chi connectivity index (χ0) is 15.1. The van der Waals surface area contributed by atoms with E-state index >= 15 is 0 Å². The third-order valence-electron chi connectivity index (χ3n) is 3.87. The van der Waals surface area contributed by atoms with Gasteiger partial charge in [-0.2, -0.15) is 0 Å². The molecule has 3 rings (SSSR count). The van der Waals surface area contributed by atoms with E-state index in [0.717, 1.165) is 16.6 Å². The van der Waals surface area contributed by atoms with Gasteiger partial charge in [-0.15, -0.1) is 0 Å². The van der Waals surface area contributed by atoms with Crippen molar-refractivity contribution in [2.24, 2.45) is 0 Å². The third-order valence-corrected chi connectivity index (χ3v) is 3.87. The summed E-state index contributed by atoms with van der Waals surface area (Å²) in [5.74, 6) is 0. The summed E-state index contributed by atoms with van der Waals surface area (Å²) in [6, 6.07) is 5.65. The molecule has 0 saturated carbocycles. The minimum Gasteiger partial charge on any atom is -0.394 e. The number of aromatic nitrogens is 2. The summed E-state index contributed by atoms with van der Waals surface area (Å²) in [7, 11) is 0. The molecule has 1 aromatic carbocycles. The molecule has 7 heteroatoms. The number of aryl methyl sites for hydroxylation is 1. The molecule has 7 nitrogen and oxygen atoms in total. The van der Waals surface area contributed by atoms with Crippen molar-refractivity contribution in [1.82, 2.24) is 9.55 Å². The lowest BCUT2D eigenvalue weighted by atomic mass is 9.98. The van der Waals surface area contributed by atoms with Gasteiger partial charge in [0.2, 0.25) is 0 Å². The van der Waals surface area contributed by atoms with Crippen LogP contribution in [-0.2, 0) is 4.74 Å². The van der Waals surface area contributed by atoms with Gasteiger partial charge >= 0.3 is 0 Å². The fraction of sp³-hybridized carbons (Fsp3) is 0.500.